The molecule has 2 aromatic heterocycles. The minimum absolute atomic E-state index is 0. The third-order valence-electron chi connectivity index (χ3n) is 4.52. The minimum atomic E-state index is -3.43. The van der Waals surface area contributed by atoms with Gasteiger partial charge in [0, 0.05) is 38.8 Å². The number of nitrogens with zero attached hydrogens (tertiary/aromatic N) is 5. The maximum absolute atomic E-state index is 12.6. The molecule has 3 heterocycles. The van der Waals surface area contributed by atoms with Gasteiger partial charge in [-0.2, -0.15) is 4.31 Å². The van der Waals surface area contributed by atoms with Crippen LogP contribution in [0.3, 0.4) is 0 Å². The van der Waals surface area contributed by atoms with E-state index in [1.54, 1.807) is 6.07 Å². The van der Waals surface area contributed by atoms with Crippen LogP contribution in [0.15, 0.2) is 26.3 Å². The van der Waals surface area contributed by atoms with Crippen LogP contribution >= 0.6 is 24.0 Å². The first-order valence-electron chi connectivity index (χ1n) is 9.22. The molecule has 1 saturated heterocycles. The summed E-state index contributed by atoms with van der Waals surface area (Å²) in [4.78, 5) is 11.0. The molecule has 0 bridgehead atoms. The van der Waals surface area contributed by atoms with E-state index in [1.807, 2.05) is 25.7 Å². The van der Waals surface area contributed by atoms with Crippen LogP contribution in [0, 0.1) is 13.8 Å². The number of aryl methyl sites for hydroxylation is 2. The average molecular weight is 538 g/mol. The molecule has 1 fully saturated rings. The molecular formula is C17H27IN6O4S. The van der Waals surface area contributed by atoms with Gasteiger partial charge in [0.05, 0.1) is 11.4 Å². The first-order valence-corrected chi connectivity index (χ1v) is 10.8. The third-order valence-corrected chi connectivity index (χ3v) is 6.34. The van der Waals surface area contributed by atoms with Gasteiger partial charge in [-0.1, -0.05) is 5.16 Å². The van der Waals surface area contributed by atoms with Gasteiger partial charge in [-0.15, -0.1) is 24.0 Å². The van der Waals surface area contributed by atoms with Crippen molar-refractivity contribution in [2.45, 2.75) is 33.1 Å². The zero-order valence-corrected chi connectivity index (χ0v) is 19.9. The summed E-state index contributed by atoms with van der Waals surface area (Å²) in [5, 5.41) is 6.94. The summed E-state index contributed by atoms with van der Waals surface area (Å²) < 4.78 is 36.9. The normalized spacial score (nSPS) is 16.0. The van der Waals surface area contributed by atoms with Gasteiger partial charge in [-0.25, -0.2) is 18.4 Å². The highest BCUT2D eigenvalue weighted by Crippen LogP contribution is 2.14. The van der Waals surface area contributed by atoms with Crippen molar-refractivity contribution >= 4 is 40.0 Å². The third kappa shape index (κ3) is 6.15. The fourth-order valence-electron chi connectivity index (χ4n) is 2.94. The lowest BCUT2D eigenvalue weighted by atomic mass is 10.4. The van der Waals surface area contributed by atoms with E-state index in [0.717, 1.165) is 17.4 Å². The zero-order chi connectivity index (χ0) is 20.1. The van der Waals surface area contributed by atoms with Crippen molar-refractivity contribution in [2.75, 3.05) is 32.7 Å². The van der Waals surface area contributed by atoms with Crippen molar-refractivity contribution in [3.8, 4) is 0 Å². The predicted octanol–water partition coefficient (Wildman–Crippen LogP) is 1.51. The molecule has 0 unspecified atom stereocenters. The van der Waals surface area contributed by atoms with Gasteiger partial charge in [0.15, 0.2) is 5.96 Å². The standard InChI is InChI=1S/C17H26N6O4S.HI/c1-4-18-17(19-11-16-20-13(2)14(3)27-16)22-6-8-23(9-7-22)28(24,25)12-15-5-10-26-21-15;/h5,10H,4,6-9,11-12H2,1-3H3,(H,18,19);1H. The number of hydrogen-bond acceptors (Lipinski definition) is 7. The van der Waals surface area contributed by atoms with E-state index in [0.29, 0.717) is 50.9 Å². The van der Waals surface area contributed by atoms with Crippen LogP contribution in [0.5, 0.6) is 0 Å². The Labute approximate surface area is 187 Å². The Bertz CT molecular complexity index is 885. The van der Waals surface area contributed by atoms with E-state index in [1.165, 1.54) is 10.6 Å². The Balaban J connectivity index is 0.00000300. The number of halogens is 1. The number of aromatic nitrogens is 2. The van der Waals surface area contributed by atoms with Crippen LogP contribution in [-0.2, 0) is 22.3 Å². The molecule has 0 aliphatic carbocycles. The summed E-state index contributed by atoms with van der Waals surface area (Å²) in [5.74, 6) is 1.94. The Morgan fingerprint density at radius 3 is 2.55 bits per heavy atom. The lowest BCUT2D eigenvalue weighted by Gasteiger charge is -2.35. The summed E-state index contributed by atoms with van der Waals surface area (Å²) in [6.07, 6.45) is 1.37. The number of aliphatic imine (C=N–C) groups is 1. The van der Waals surface area contributed by atoms with Gasteiger partial charge >= 0.3 is 0 Å². The lowest BCUT2D eigenvalue weighted by molar-refractivity contribution is 0.259. The molecule has 1 aliphatic heterocycles. The molecular weight excluding hydrogens is 511 g/mol. The number of nitrogens with one attached hydrogen (secondary N) is 1. The van der Waals surface area contributed by atoms with E-state index in [2.05, 4.69) is 20.4 Å². The van der Waals surface area contributed by atoms with Crippen molar-refractivity contribution < 1.29 is 17.4 Å². The second-order valence-corrected chi connectivity index (χ2v) is 8.52. The first kappa shape index (κ1) is 23.6. The Kier molecular flexibility index (Phi) is 8.46. The number of piperazine rings is 1. The maximum Gasteiger partial charge on any atom is 0.220 e. The quantitative estimate of drug-likeness (QED) is 0.334. The Hall–Kier alpha value is -1.67. The highest BCUT2D eigenvalue weighted by atomic mass is 127. The fourth-order valence-corrected chi connectivity index (χ4v) is 4.37. The van der Waals surface area contributed by atoms with Crippen molar-refractivity contribution in [1.82, 2.24) is 24.7 Å². The molecule has 10 nitrogen and oxygen atoms in total. The van der Waals surface area contributed by atoms with Crippen LogP contribution in [-0.4, -0.2) is 66.4 Å². The molecule has 2 aromatic rings. The maximum atomic E-state index is 12.6. The monoisotopic (exact) mass is 538 g/mol. The fraction of sp³-hybridized carbons (Fsp3) is 0.588. The Morgan fingerprint density at radius 1 is 1.28 bits per heavy atom. The molecule has 12 heteroatoms. The molecule has 3 rings (SSSR count). The molecule has 0 radical (unpaired) electrons. The molecule has 0 amide bonds. The summed E-state index contributed by atoms with van der Waals surface area (Å²) in [7, 11) is -3.43. The SMILES string of the molecule is CCNC(=NCc1nc(C)c(C)o1)N1CCN(S(=O)(=O)Cc2ccon2)CC1.I. The van der Waals surface area contributed by atoms with E-state index in [9.17, 15) is 8.42 Å². The topological polar surface area (TPSA) is 117 Å². The van der Waals surface area contributed by atoms with Crippen LogP contribution in [0.25, 0.3) is 0 Å². The number of rotatable bonds is 6. The zero-order valence-electron chi connectivity index (χ0n) is 16.8. The van der Waals surface area contributed by atoms with Crippen molar-refractivity contribution in [2.24, 2.45) is 4.99 Å². The van der Waals surface area contributed by atoms with Gasteiger partial charge in [0.2, 0.25) is 15.9 Å². The molecule has 162 valence electrons. The van der Waals surface area contributed by atoms with E-state index in [-0.39, 0.29) is 29.7 Å². The van der Waals surface area contributed by atoms with Crippen molar-refractivity contribution in [3.05, 3.63) is 35.4 Å². The number of sulfonamides is 1. The summed E-state index contributed by atoms with van der Waals surface area (Å²) in [5.41, 5.74) is 1.27. The van der Waals surface area contributed by atoms with Crippen LogP contribution < -0.4 is 5.32 Å². The molecule has 29 heavy (non-hydrogen) atoms. The highest BCUT2D eigenvalue weighted by Gasteiger charge is 2.29. The Morgan fingerprint density at radius 2 is 2.00 bits per heavy atom. The first-order chi connectivity index (χ1) is 13.4. The van der Waals surface area contributed by atoms with Crippen LogP contribution in [0.2, 0.25) is 0 Å². The van der Waals surface area contributed by atoms with E-state index < -0.39 is 10.0 Å². The number of guanidine groups is 1. The largest absolute Gasteiger partial charge is 0.444 e. The second-order valence-electron chi connectivity index (χ2n) is 6.55. The predicted molar refractivity (Wildman–Crippen MR) is 118 cm³/mol. The second kappa shape index (κ2) is 10.4. The average Bonchev–Trinajstić information content (AvgIpc) is 3.28. The number of oxazole rings is 1. The summed E-state index contributed by atoms with van der Waals surface area (Å²) >= 11 is 0. The van der Waals surface area contributed by atoms with Crippen molar-refractivity contribution in [1.29, 1.82) is 0 Å². The van der Waals surface area contributed by atoms with E-state index >= 15 is 0 Å². The van der Waals surface area contributed by atoms with Gasteiger partial charge in [-0.3, -0.25) is 0 Å². The molecule has 1 aliphatic rings. The lowest BCUT2D eigenvalue weighted by Crippen LogP contribution is -2.53. The molecule has 0 saturated carbocycles. The van der Waals surface area contributed by atoms with Gasteiger partial charge in [0.1, 0.15) is 24.3 Å². The number of hydrogen-bond donors (Lipinski definition) is 1. The molecule has 1 N–H and O–H groups in total. The van der Waals surface area contributed by atoms with Gasteiger partial charge in [0.25, 0.3) is 0 Å². The minimum Gasteiger partial charge on any atom is -0.444 e. The molecule has 0 aromatic carbocycles. The summed E-state index contributed by atoms with van der Waals surface area (Å²) in [6.45, 7) is 8.70. The highest BCUT2D eigenvalue weighted by molar-refractivity contribution is 14.0. The van der Waals surface area contributed by atoms with Gasteiger partial charge < -0.3 is 19.2 Å². The van der Waals surface area contributed by atoms with Crippen molar-refractivity contribution in [3.63, 3.8) is 0 Å². The van der Waals surface area contributed by atoms with Crippen LogP contribution in [0.4, 0.5) is 0 Å². The summed E-state index contributed by atoms with van der Waals surface area (Å²) in [6, 6.07) is 1.57. The molecule has 0 atom stereocenters. The van der Waals surface area contributed by atoms with Gasteiger partial charge in [-0.05, 0) is 20.8 Å². The smallest absolute Gasteiger partial charge is 0.220 e. The van der Waals surface area contributed by atoms with E-state index in [4.69, 9.17) is 8.94 Å². The molecule has 0 spiro atoms. The van der Waals surface area contributed by atoms with Crippen LogP contribution in [0.1, 0.15) is 30.0 Å².